The molecule has 7 heteroatoms. The fourth-order valence-electron chi connectivity index (χ4n) is 3.07. The van der Waals surface area contributed by atoms with E-state index in [9.17, 15) is 9.59 Å². The van der Waals surface area contributed by atoms with Crippen molar-refractivity contribution in [1.82, 2.24) is 15.3 Å². The summed E-state index contributed by atoms with van der Waals surface area (Å²) < 4.78 is 5.65. The number of nitrogens with zero attached hydrogens (tertiary/aromatic N) is 1. The molecule has 1 heterocycles. The predicted molar refractivity (Wildman–Crippen MR) is 106 cm³/mol. The van der Waals surface area contributed by atoms with Crippen molar-refractivity contribution in [3.8, 4) is 5.75 Å². The number of ether oxygens (including phenoxy) is 1. The van der Waals surface area contributed by atoms with Crippen molar-refractivity contribution in [3.05, 3.63) is 52.4 Å². The van der Waals surface area contributed by atoms with Gasteiger partial charge in [-0.2, -0.15) is 0 Å². The third-order valence-corrected chi connectivity index (χ3v) is 5.50. The van der Waals surface area contributed by atoms with Gasteiger partial charge < -0.3 is 15.0 Å². The van der Waals surface area contributed by atoms with Crippen molar-refractivity contribution in [2.24, 2.45) is 0 Å². The molecular formula is C20H25N3O3S. The van der Waals surface area contributed by atoms with E-state index < -0.39 is 0 Å². The molecule has 1 aliphatic rings. The van der Waals surface area contributed by atoms with Gasteiger partial charge in [0.1, 0.15) is 12.4 Å². The van der Waals surface area contributed by atoms with Crippen LogP contribution in [0.15, 0.2) is 46.3 Å². The van der Waals surface area contributed by atoms with E-state index in [0.29, 0.717) is 16.6 Å². The first kappa shape index (κ1) is 19.5. The van der Waals surface area contributed by atoms with Crippen LogP contribution in [0, 0.1) is 0 Å². The first-order chi connectivity index (χ1) is 13.1. The standard InChI is InChI=1S/C20H25N3O3S/c1-14(19(25)21-15-8-4-2-5-9-15)27-20-22-16(12-18(24)23-20)13-26-17-10-6-3-7-11-17/h3,6-7,10-12,14-15H,2,4-5,8-9,13H2,1H3,(H,21,25)(H,22,23,24). The summed E-state index contributed by atoms with van der Waals surface area (Å²) in [6.07, 6.45) is 5.68. The molecule has 1 fully saturated rings. The first-order valence-electron chi connectivity index (χ1n) is 9.35. The molecule has 27 heavy (non-hydrogen) atoms. The van der Waals surface area contributed by atoms with Crippen LogP contribution in [0.25, 0.3) is 0 Å². The fourth-order valence-corrected chi connectivity index (χ4v) is 3.91. The number of para-hydroxylation sites is 1. The number of aromatic nitrogens is 2. The maximum absolute atomic E-state index is 12.4. The Bertz CT molecular complexity index is 804. The molecule has 6 nitrogen and oxygen atoms in total. The Morgan fingerprint density at radius 3 is 2.78 bits per heavy atom. The van der Waals surface area contributed by atoms with Gasteiger partial charge in [0, 0.05) is 12.1 Å². The van der Waals surface area contributed by atoms with Crippen molar-refractivity contribution in [1.29, 1.82) is 0 Å². The summed E-state index contributed by atoms with van der Waals surface area (Å²) >= 11 is 1.26. The summed E-state index contributed by atoms with van der Waals surface area (Å²) in [5.74, 6) is 0.703. The van der Waals surface area contributed by atoms with Crippen molar-refractivity contribution < 1.29 is 9.53 Å². The molecule has 0 spiro atoms. The zero-order valence-electron chi connectivity index (χ0n) is 15.4. The number of aromatic amines is 1. The zero-order valence-corrected chi connectivity index (χ0v) is 16.3. The monoisotopic (exact) mass is 387 g/mol. The summed E-state index contributed by atoms with van der Waals surface area (Å²) in [7, 11) is 0. The Morgan fingerprint density at radius 2 is 2.04 bits per heavy atom. The highest BCUT2D eigenvalue weighted by Crippen LogP contribution is 2.21. The smallest absolute Gasteiger partial charge is 0.251 e. The molecule has 0 radical (unpaired) electrons. The number of amides is 1. The summed E-state index contributed by atoms with van der Waals surface area (Å²) in [5.41, 5.74) is 0.282. The topological polar surface area (TPSA) is 84.1 Å². The lowest BCUT2D eigenvalue weighted by molar-refractivity contribution is -0.121. The average Bonchev–Trinajstić information content (AvgIpc) is 2.67. The van der Waals surface area contributed by atoms with Crippen LogP contribution in [0.4, 0.5) is 0 Å². The Balaban J connectivity index is 1.58. The highest BCUT2D eigenvalue weighted by molar-refractivity contribution is 8.00. The molecule has 1 amide bonds. The molecule has 3 rings (SSSR count). The minimum atomic E-state index is -0.333. The number of carbonyl (C=O) groups excluding carboxylic acids is 1. The van der Waals surface area contributed by atoms with Crippen molar-refractivity contribution in [2.45, 2.75) is 62.1 Å². The molecule has 0 saturated heterocycles. The molecule has 1 aromatic carbocycles. The average molecular weight is 388 g/mol. The Kier molecular flexibility index (Phi) is 6.92. The van der Waals surface area contributed by atoms with Gasteiger partial charge in [-0.1, -0.05) is 49.2 Å². The number of benzene rings is 1. The van der Waals surface area contributed by atoms with Crippen LogP contribution in [-0.2, 0) is 11.4 Å². The summed E-state index contributed by atoms with van der Waals surface area (Å²) in [4.78, 5) is 31.5. The molecule has 2 aromatic rings. The van der Waals surface area contributed by atoms with E-state index in [1.807, 2.05) is 37.3 Å². The number of hydrogen-bond donors (Lipinski definition) is 2. The molecule has 1 aromatic heterocycles. The van der Waals surface area contributed by atoms with Crippen LogP contribution in [0.2, 0.25) is 0 Å². The van der Waals surface area contributed by atoms with Crippen LogP contribution >= 0.6 is 11.8 Å². The third-order valence-electron chi connectivity index (χ3n) is 4.51. The van der Waals surface area contributed by atoms with Gasteiger partial charge in [-0.25, -0.2) is 4.98 Å². The predicted octanol–water partition coefficient (Wildman–Crippen LogP) is 3.28. The van der Waals surface area contributed by atoms with Crippen LogP contribution in [0.3, 0.4) is 0 Å². The lowest BCUT2D eigenvalue weighted by atomic mass is 9.95. The van der Waals surface area contributed by atoms with Gasteiger partial charge in [0.25, 0.3) is 5.56 Å². The van der Waals surface area contributed by atoms with Crippen LogP contribution < -0.4 is 15.6 Å². The van der Waals surface area contributed by atoms with Gasteiger partial charge in [0.15, 0.2) is 5.16 Å². The van der Waals surface area contributed by atoms with E-state index in [4.69, 9.17) is 4.74 Å². The fraction of sp³-hybridized carbons (Fsp3) is 0.450. The summed E-state index contributed by atoms with van der Waals surface area (Å²) in [5, 5.41) is 3.21. The number of H-pyrrole nitrogens is 1. The highest BCUT2D eigenvalue weighted by atomic mass is 32.2. The second-order valence-corrected chi connectivity index (χ2v) is 8.08. The minimum absolute atomic E-state index is 0.0134. The maximum Gasteiger partial charge on any atom is 0.251 e. The van der Waals surface area contributed by atoms with Crippen molar-refractivity contribution in [2.75, 3.05) is 0 Å². The molecule has 2 N–H and O–H groups in total. The van der Waals surface area contributed by atoms with Gasteiger partial charge in [0.05, 0.1) is 10.9 Å². The minimum Gasteiger partial charge on any atom is -0.487 e. The summed E-state index contributed by atoms with van der Waals surface area (Å²) in [6.45, 7) is 2.03. The molecule has 1 saturated carbocycles. The Hall–Kier alpha value is -2.28. The largest absolute Gasteiger partial charge is 0.487 e. The summed E-state index contributed by atoms with van der Waals surface area (Å²) in [6, 6.07) is 11.1. The number of carbonyl (C=O) groups is 1. The number of rotatable bonds is 7. The molecule has 1 atom stereocenters. The van der Waals surface area contributed by atoms with Crippen LogP contribution in [0.5, 0.6) is 5.75 Å². The second-order valence-electron chi connectivity index (χ2n) is 6.75. The van der Waals surface area contributed by atoms with Gasteiger partial charge in [-0.15, -0.1) is 0 Å². The SMILES string of the molecule is CC(Sc1nc(COc2ccccc2)cc(=O)[nH]1)C(=O)NC1CCCCC1. The molecular weight excluding hydrogens is 362 g/mol. The molecule has 1 aliphatic carbocycles. The molecule has 1 unspecified atom stereocenters. The first-order valence-corrected chi connectivity index (χ1v) is 10.2. The number of hydrogen-bond acceptors (Lipinski definition) is 5. The lowest BCUT2D eigenvalue weighted by Gasteiger charge is -2.24. The van der Waals surface area contributed by atoms with E-state index in [1.165, 1.54) is 37.1 Å². The number of nitrogens with one attached hydrogen (secondary N) is 2. The highest BCUT2D eigenvalue weighted by Gasteiger charge is 2.21. The molecule has 0 bridgehead atoms. The quantitative estimate of drug-likeness (QED) is 0.563. The maximum atomic E-state index is 12.4. The van der Waals surface area contributed by atoms with E-state index in [-0.39, 0.29) is 29.4 Å². The second kappa shape index (κ2) is 9.60. The van der Waals surface area contributed by atoms with Gasteiger partial charge in [-0.05, 0) is 31.9 Å². The molecule has 0 aliphatic heterocycles. The number of thioether (sulfide) groups is 1. The normalized spacial score (nSPS) is 15.9. The Morgan fingerprint density at radius 1 is 1.30 bits per heavy atom. The van der Waals surface area contributed by atoms with Crippen molar-refractivity contribution >= 4 is 17.7 Å². The third kappa shape index (κ3) is 6.13. The molecule has 144 valence electrons. The van der Waals surface area contributed by atoms with E-state index in [0.717, 1.165) is 12.8 Å². The zero-order chi connectivity index (χ0) is 19.1. The Labute approximate surface area is 163 Å². The van der Waals surface area contributed by atoms with Crippen LogP contribution in [0.1, 0.15) is 44.7 Å². The van der Waals surface area contributed by atoms with Gasteiger partial charge >= 0.3 is 0 Å². The van der Waals surface area contributed by atoms with E-state index in [1.54, 1.807) is 0 Å². The van der Waals surface area contributed by atoms with Gasteiger partial charge in [0.2, 0.25) is 5.91 Å². The van der Waals surface area contributed by atoms with Gasteiger partial charge in [-0.3, -0.25) is 9.59 Å². The van der Waals surface area contributed by atoms with E-state index >= 15 is 0 Å². The lowest BCUT2D eigenvalue weighted by Crippen LogP contribution is -2.40. The van der Waals surface area contributed by atoms with Crippen LogP contribution in [-0.4, -0.2) is 27.2 Å². The van der Waals surface area contributed by atoms with Crippen molar-refractivity contribution in [3.63, 3.8) is 0 Å². The van der Waals surface area contributed by atoms with E-state index in [2.05, 4.69) is 15.3 Å².